The van der Waals surface area contributed by atoms with Crippen LogP contribution in [0.1, 0.15) is 12.8 Å². The standard InChI is InChI=1S/C11H17NO5/c1-16-10(13)4-7-17-6-3-9-2-5-12(8-9)11(14)15/h4,7,9H,2-3,5-6,8H2,1H3,(H,14,15). The minimum absolute atomic E-state index is 0.345. The summed E-state index contributed by atoms with van der Waals surface area (Å²) >= 11 is 0. The van der Waals surface area contributed by atoms with Crippen molar-refractivity contribution in [3.63, 3.8) is 0 Å². The SMILES string of the molecule is COC(=O)C=COCCC1CCN(C(=O)O)C1. The average Bonchev–Trinajstić information content (AvgIpc) is 2.77. The normalized spacial score (nSPS) is 19.6. The van der Waals surface area contributed by atoms with Gasteiger partial charge in [0.2, 0.25) is 0 Å². The van der Waals surface area contributed by atoms with Crippen molar-refractivity contribution in [1.82, 2.24) is 4.90 Å². The highest BCUT2D eigenvalue weighted by molar-refractivity contribution is 5.81. The highest BCUT2D eigenvalue weighted by Gasteiger charge is 2.25. The molecule has 1 aliphatic heterocycles. The Morgan fingerprint density at radius 1 is 1.53 bits per heavy atom. The van der Waals surface area contributed by atoms with Crippen LogP contribution in [0, 0.1) is 5.92 Å². The summed E-state index contributed by atoms with van der Waals surface area (Å²) in [5, 5.41) is 8.76. The van der Waals surface area contributed by atoms with E-state index in [1.165, 1.54) is 24.3 Å². The predicted molar refractivity (Wildman–Crippen MR) is 59.4 cm³/mol. The Kier molecular flexibility index (Phi) is 5.32. The summed E-state index contributed by atoms with van der Waals surface area (Å²) < 4.78 is 9.51. The summed E-state index contributed by atoms with van der Waals surface area (Å²) in [4.78, 5) is 22.8. The highest BCUT2D eigenvalue weighted by Crippen LogP contribution is 2.19. The van der Waals surface area contributed by atoms with Crippen molar-refractivity contribution in [3.8, 4) is 0 Å². The van der Waals surface area contributed by atoms with Crippen LogP contribution < -0.4 is 0 Å². The Morgan fingerprint density at radius 3 is 2.88 bits per heavy atom. The topological polar surface area (TPSA) is 76.1 Å². The van der Waals surface area contributed by atoms with Crippen molar-refractivity contribution in [1.29, 1.82) is 0 Å². The van der Waals surface area contributed by atoms with E-state index in [4.69, 9.17) is 9.84 Å². The molecule has 17 heavy (non-hydrogen) atoms. The number of hydrogen-bond acceptors (Lipinski definition) is 4. The van der Waals surface area contributed by atoms with E-state index in [0.717, 1.165) is 12.8 Å². The van der Waals surface area contributed by atoms with Gasteiger partial charge in [0.25, 0.3) is 0 Å². The van der Waals surface area contributed by atoms with E-state index in [1.807, 2.05) is 0 Å². The number of likely N-dealkylation sites (tertiary alicyclic amines) is 1. The zero-order valence-electron chi connectivity index (χ0n) is 9.80. The minimum Gasteiger partial charge on any atom is -0.501 e. The lowest BCUT2D eigenvalue weighted by Crippen LogP contribution is -2.26. The maximum Gasteiger partial charge on any atom is 0.407 e. The molecule has 0 spiro atoms. The number of carbonyl (C=O) groups is 2. The van der Waals surface area contributed by atoms with Gasteiger partial charge in [-0.1, -0.05) is 0 Å². The lowest BCUT2D eigenvalue weighted by molar-refractivity contribution is -0.135. The third-order valence-electron chi connectivity index (χ3n) is 2.70. The van der Waals surface area contributed by atoms with Gasteiger partial charge in [-0.25, -0.2) is 9.59 Å². The van der Waals surface area contributed by atoms with Crippen molar-refractivity contribution in [2.75, 3.05) is 26.8 Å². The Bertz CT molecular complexity index is 302. The van der Waals surface area contributed by atoms with Crippen molar-refractivity contribution in [2.24, 2.45) is 5.92 Å². The van der Waals surface area contributed by atoms with E-state index in [2.05, 4.69) is 4.74 Å². The van der Waals surface area contributed by atoms with Gasteiger partial charge in [0, 0.05) is 13.1 Å². The molecule has 0 aromatic rings. The summed E-state index contributed by atoms with van der Waals surface area (Å²) in [6.45, 7) is 1.64. The molecule has 1 aliphatic rings. The van der Waals surface area contributed by atoms with Gasteiger partial charge in [-0.15, -0.1) is 0 Å². The molecule has 96 valence electrons. The lowest BCUT2D eigenvalue weighted by Gasteiger charge is -2.11. The number of nitrogens with zero attached hydrogens (tertiary/aromatic N) is 1. The van der Waals surface area contributed by atoms with Crippen LogP contribution in [0.5, 0.6) is 0 Å². The average molecular weight is 243 g/mol. The lowest BCUT2D eigenvalue weighted by atomic mass is 10.1. The Balaban J connectivity index is 2.10. The Morgan fingerprint density at radius 2 is 2.29 bits per heavy atom. The molecule has 1 saturated heterocycles. The van der Waals surface area contributed by atoms with E-state index in [1.54, 1.807) is 0 Å². The first-order valence-electron chi connectivity index (χ1n) is 5.47. The summed E-state index contributed by atoms with van der Waals surface area (Å²) in [6, 6.07) is 0. The van der Waals surface area contributed by atoms with Gasteiger partial charge in [-0.05, 0) is 18.8 Å². The fraction of sp³-hybridized carbons (Fsp3) is 0.636. The summed E-state index contributed by atoms with van der Waals surface area (Å²) in [7, 11) is 1.30. The van der Waals surface area contributed by atoms with Crippen molar-refractivity contribution >= 4 is 12.1 Å². The second-order valence-corrected chi connectivity index (χ2v) is 3.87. The molecule has 0 aromatic carbocycles. The number of rotatable bonds is 5. The predicted octanol–water partition coefficient (Wildman–Crippen LogP) is 1.08. The quantitative estimate of drug-likeness (QED) is 0.338. The van der Waals surface area contributed by atoms with Crippen LogP contribution in [0.25, 0.3) is 0 Å². The number of carboxylic acid groups (broad SMARTS) is 1. The molecule has 0 aliphatic carbocycles. The first-order chi connectivity index (χ1) is 8.13. The molecular formula is C11H17NO5. The smallest absolute Gasteiger partial charge is 0.407 e. The molecule has 0 bridgehead atoms. The molecule has 0 aromatic heterocycles. The van der Waals surface area contributed by atoms with E-state index < -0.39 is 12.1 Å². The van der Waals surface area contributed by atoms with Crippen molar-refractivity contribution in [2.45, 2.75) is 12.8 Å². The zero-order valence-corrected chi connectivity index (χ0v) is 9.80. The summed E-state index contributed by atoms with van der Waals surface area (Å²) in [6.07, 6.45) is 3.30. The van der Waals surface area contributed by atoms with Crippen molar-refractivity contribution in [3.05, 3.63) is 12.3 Å². The molecule has 6 nitrogen and oxygen atoms in total. The number of hydrogen-bond donors (Lipinski definition) is 1. The van der Waals surface area contributed by atoms with Gasteiger partial charge in [-0.2, -0.15) is 0 Å². The molecular weight excluding hydrogens is 226 g/mol. The van der Waals surface area contributed by atoms with Gasteiger partial charge in [0.1, 0.15) is 0 Å². The van der Waals surface area contributed by atoms with Crippen LogP contribution >= 0.6 is 0 Å². The van der Waals surface area contributed by atoms with E-state index >= 15 is 0 Å². The second-order valence-electron chi connectivity index (χ2n) is 3.87. The number of amides is 1. The zero-order chi connectivity index (χ0) is 12.7. The third-order valence-corrected chi connectivity index (χ3v) is 2.70. The molecule has 1 unspecified atom stereocenters. The second kappa shape index (κ2) is 6.78. The van der Waals surface area contributed by atoms with E-state index in [-0.39, 0.29) is 0 Å². The van der Waals surface area contributed by atoms with Crippen LogP contribution in [0.15, 0.2) is 12.3 Å². The summed E-state index contributed by atoms with van der Waals surface area (Å²) in [5.74, 6) is -0.111. The van der Waals surface area contributed by atoms with Gasteiger partial charge < -0.3 is 19.5 Å². The first kappa shape index (κ1) is 13.3. The van der Waals surface area contributed by atoms with E-state index in [9.17, 15) is 9.59 Å². The number of carbonyl (C=O) groups excluding carboxylic acids is 1. The largest absolute Gasteiger partial charge is 0.501 e. The molecule has 0 saturated carbocycles. The van der Waals surface area contributed by atoms with Crippen LogP contribution in [-0.2, 0) is 14.3 Å². The molecule has 1 heterocycles. The van der Waals surface area contributed by atoms with E-state index in [0.29, 0.717) is 25.6 Å². The summed E-state index contributed by atoms with van der Waals surface area (Å²) in [5.41, 5.74) is 0. The van der Waals surface area contributed by atoms with Gasteiger partial charge >= 0.3 is 12.1 Å². The van der Waals surface area contributed by atoms with Gasteiger partial charge in [0.05, 0.1) is 26.1 Å². The number of ether oxygens (including phenoxy) is 2. The molecule has 1 N–H and O–H groups in total. The first-order valence-corrected chi connectivity index (χ1v) is 5.47. The van der Waals surface area contributed by atoms with Gasteiger partial charge in [-0.3, -0.25) is 0 Å². The van der Waals surface area contributed by atoms with Crippen LogP contribution in [0.3, 0.4) is 0 Å². The minimum atomic E-state index is -0.862. The van der Waals surface area contributed by atoms with Crippen LogP contribution in [0.2, 0.25) is 0 Å². The molecule has 1 atom stereocenters. The van der Waals surface area contributed by atoms with Gasteiger partial charge in [0.15, 0.2) is 0 Å². The number of methoxy groups -OCH3 is 1. The fourth-order valence-corrected chi connectivity index (χ4v) is 1.72. The Labute approximate surface area is 99.8 Å². The molecule has 1 rings (SSSR count). The molecule has 0 radical (unpaired) electrons. The molecule has 6 heteroatoms. The monoisotopic (exact) mass is 243 g/mol. The molecule has 1 fully saturated rings. The Hall–Kier alpha value is -1.72. The number of esters is 1. The van der Waals surface area contributed by atoms with Crippen LogP contribution in [0.4, 0.5) is 4.79 Å². The molecule has 1 amide bonds. The maximum atomic E-state index is 10.7. The van der Waals surface area contributed by atoms with Crippen molar-refractivity contribution < 1.29 is 24.2 Å². The van der Waals surface area contributed by atoms with Crippen LogP contribution in [-0.4, -0.2) is 48.9 Å². The highest BCUT2D eigenvalue weighted by atomic mass is 16.5. The fourth-order valence-electron chi connectivity index (χ4n) is 1.72. The maximum absolute atomic E-state index is 10.7. The third kappa shape index (κ3) is 4.76.